The molecule has 0 amide bonds. The summed E-state index contributed by atoms with van der Waals surface area (Å²) in [6.45, 7) is 14.1. The molecule has 1 unspecified atom stereocenters. The summed E-state index contributed by atoms with van der Waals surface area (Å²) in [6.07, 6.45) is 4.84. The summed E-state index contributed by atoms with van der Waals surface area (Å²) in [6, 6.07) is 0. The first-order valence-electron chi connectivity index (χ1n) is 5.58. The molecule has 1 rings (SSSR count). The Kier molecular flexibility index (Phi) is 2.95. The number of hydrogen-bond acceptors (Lipinski definition) is 1. The minimum absolute atomic E-state index is 0.0113. The fourth-order valence-electron chi connectivity index (χ4n) is 2.11. The Morgan fingerprint density at radius 2 is 2.13 bits per heavy atom. The van der Waals surface area contributed by atoms with E-state index in [0.717, 1.165) is 6.42 Å². The van der Waals surface area contributed by atoms with E-state index in [2.05, 4.69) is 33.4 Å². The summed E-state index contributed by atoms with van der Waals surface area (Å²) in [5, 5.41) is 0. The second-order valence-electron chi connectivity index (χ2n) is 5.69. The van der Waals surface area contributed by atoms with Crippen LogP contribution in [0.5, 0.6) is 0 Å². The van der Waals surface area contributed by atoms with Crippen molar-refractivity contribution in [1.29, 1.82) is 0 Å². The van der Waals surface area contributed by atoms with Gasteiger partial charge in [-0.05, 0) is 32.6 Å². The lowest BCUT2D eigenvalue weighted by atomic mass is 9.69. The van der Waals surface area contributed by atoms with E-state index in [4.69, 9.17) is 0 Å². The average molecular weight is 206 g/mol. The SMILES string of the molecule is C=CC(C)(C)C(=O)C1CC=C(C)C1(C)C. The monoisotopic (exact) mass is 206 g/mol. The number of carbonyl (C=O) groups excluding carboxylic acids is 1. The summed E-state index contributed by atoms with van der Waals surface area (Å²) in [5.41, 5.74) is 0.943. The molecule has 0 saturated heterocycles. The highest BCUT2D eigenvalue weighted by Crippen LogP contribution is 2.46. The molecule has 0 aliphatic heterocycles. The fourth-order valence-corrected chi connectivity index (χ4v) is 2.11. The zero-order valence-corrected chi connectivity index (χ0v) is 10.6. The third-order valence-electron chi connectivity index (χ3n) is 4.01. The number of Topliss-reactive ketones (excluding diaryl/α,β-unsaturated/α-hetero) is 1. The van der Waals surface area contributed by atoms with E-state index in [1.807, 2.05) is 13.8 Å². The van der Waals surface area contributed by atoms with Crippen molar-refractivity contribution in [2.75, 3.05) is 0 Å². The largest absolute Gasteiger partial charge is 0.298 e. The van der Waals surface area contributed by atoms with Crippen molar-refractivity contribution in [2.24, 2.45) is 16.7 Å². The van der Waals surface area contributed by atoms with Crippen molar-refractivity contribution in [3.63, 3.8) is 0 Å². The Bertz CT molecular complexity index is 318. The molecule has 1 aliphatic rings. The van der Waals surface area contributed by atoms with Gasteiger partial charge >= 0.3 is 0 Å². The quantitative estimate of drug-likeness (QED) is 0.643. The molecule has 0 aromatic carbocycles. The molecule has 1 aliphatic carbocycles. The van der Waals surface area contributed by atoms with Crippen LogP contribution in [-0.2, 0) is 4.79 Å². The van der Waals surface area contributed by atoms with E-state index in [-0.39, 0.29) is 11.3 Å². The topological polar surface area (TPSA) is 17.1 Å². The Labute approximate surface area is 93.3 Å². The van der Waals surface area contributed by atoms with Crippen LogP contribution in [0.2, 0.25) is 0 Å². The maximum atomic E-state index is 12.4. The van der Waals surface area contributed by atoms with E-state index in [9.17, 15) is 4.79 Å². The number of allylic oxidation sites excluding steroid dienone is 3. The van der Waals surface area contributed by atoms with Crippen LogP contribution in [0.25, 0.3) is 0 Å². The van der Waals surface area contributed by atoms with Crippen molar-refractivity contribution >= 4 is 5.78 Å². The predicted molar refractivity (Wildman–Crippen MR) is 64.6 cm³/mol. The number of carbonyl (C=O) groups is 1. The Balaban J connectivity index is 2.95. The zero-order valence-electron chi connectivity index (χ0n) is 10.6. The van der Waals surface area contributed by atoms with Crippen molar-refractivity contribution in [1.82, 2.24) is 0 Å². The van der Waals surface area contributed by atoms with Crippen LogP contribution in [0.15, 0.2) is 24.3 Å². The predicted octanol–water partition coefficient (Wildman–Crippen LogP) is 3.76. The minimum Gasteiger partial charge on any atom is -0.298 e. The van der Waals surface area contributed by atoms with Gasteiger partial charge in [-0.25, -0.2) is 0 Å². The van der Waals surface area contributed by atoms with Crippen molar-refractivity contribution in [3.8, 4) is 0 Å². The highest BCUT2D eigenvalue weighted by Gasteiger charge is 2.43. The molecule has 0 saturated carbocycles. The molecule has 84 valence electrons. The average Bonchev–Trinajstić information content (AvgIpc) is 2.41. The van der Waals surface area contributed by atoms with E-state index in [1.54, 1.807) is 6.08 Å². The standard InChI is InChI=1S/C14H22O/c1-7-13(3,4)12(15)11-9-8-10(2)14(11,5)6/h7-8,11H,1,9H2,2-6H3. The second-order valence-corrected chi connectivity index (χ2v) is 5.69. The van der Waals surface area contributed by atoms with Gasteiger partial charge in [0, 0.05) is 11.3 Å². The van der Waals surface area contributed by atoms with Gasteiger partial charge in [0.25, 0.3) is 0 Å². The van der Waals surface area contributed by atoms with Crippen LogP contribution in [0.1, 0.15) is 41.0 Å². The van der Waals surface area contributed by atoms with E-state index in [1.165, 1.54) is 5.57 Å². The third kappa shape index (κ3) is 1.92. The summed E-state index contributed by atoms with van der Waals surface area (Å²) < 4.78 is 0. The van der Waals surface area contributed by atoms with Crippen LogP contribution in [0, 0.1) is 16.7 Å². The van der Waals surface area contributed by atoms with Crippen molar-refractivity contribution < 1.29 is 4.79 Å². The molecule has 0 aromatic rings. The van der Waals surface area contributed by atoms with Crippen LogP contribution in [-0.4, -0.2) is 5.78 Å². The molecular formula is C14H22O. The molecule has 0 bridgehead atoms. The van der Waals surface area contributed by atoms with Crippen LogP contribution >= 0.6 is 0 Å². The van der Waals surface area contributed by atoms with Gasteiger partial charge in [-0.3, -0.25) is 4.79 Å². The molecule has 1 atom stereocenters. The molecule has 0 radical (unpaired) electrons. The maximum absolute atomic E-state index is 12.4. The Morgan fingerprint density at radius 1 is 1.60 bits per heavy atom. The summed E-state index contributed by atoms with van der Waals surface area (Å²) in [7, 11) is 0. The highest BCUT2D eigenvalue weighted by molar-refractivity contribution is 5.89. The maximum Gasteiger partial charge on any atom is 0.146 e. The minimum atomic E-state index is -0.402. The first-order chi connectivity index (χ1) is 6.73. The first kappa shape index (κ1) is 12.2. The van der Waals surface area contributed by atoms with Crippen LogP contribution in [0.3, 0.4) is 0 Å². The molecule has 0 spiro atoms. The van der Waals surface area contributed by atoms with Gasteiger partial charge in [0.2, 0.25) is 0 Å². The first-order valence-corrected chi connectivity index (χ1v) is 5.58. The number of ketones is 1. The lowest BCUT2D eigenvalue weighted by Gasteiger charge is -2.33. The molecule has 0 heterocycles. The normalized spacial score (nSPS) is 24.9. The summed E-state index contributed by atoms with van der Waals surface area (Å²) in [5.74, 6) is 0.432. The molecule has 0 aromatic heterocycles. The Hall–Kier alpha value is -0.850. The lowest BCUT2D eigenvalue weighted by Crippen LogP contribution is -2.36. The van der Waals surface area contributed by atoms with Gasteiger partial charge in [0.1, 0.15) is 5.78 Å². The molecular weight excluding hydrogens is 184 g/mol. The lowest BCUT2D eigenvalue weighted by molar-refractivity contribution is -0.131. The highest BCUT2D eigenvalue weighted by atomic mass is 16.1. The smallest absolute Gasteiger partial charge is 0.146 e. The van der Waals surface area contributed by atoms with Crippen molar-refractivity contribution in [3.05, 3.63) is 24.3 Å². The van der Waals surface area contributed by atoms with Gasteiger partial charge in [-0.2, -0.15) is 0 Å². The van der Waals surface area contributed by atoms with Gasteiger partial charge in [0.15, 0.2) is 0 Å². The molecule has 0 fully saturated rings. The van der Waals surface area contributed by atoms with Gasteiger partial charge in [-0.15, -0.1) is 6.58 Å². The molecule has 15 heavy (non-hydrogen) atoms. The molecule has 1 heteroatoms. The number of hydrogen-bond donors (Lipinski definition) is 0. The zero-order chi connectivity index (χ0) is 11.9. The van der Waals surface area contributed by atoms with Gasteiger partial charge < -0.3 is 0 Å². The Morgan fingerprint density at radius 3 is 2.47 bits per heavy atom. The second kappa shape index (κ2) is 3.62. The summed E-state index contributed by atoms with van der Waals surface area (Å²) >= 11 is 0. The van der Waals surface area contributed by atoms with Gasteiger partial charge in [-0.1, -0.05) is 31.6 Å². The summed E-state index contributed by atoms with van der Waals surface area (Å²) in [4.78, 5) is 12.4. The fraction of sp³-hybridized carbons (Fsp3) is 0.643. The van der Waals surface area contributed by atoms with Crippen LogP contribution in [0.4, 0.5) is 0 Å². The van der Waals surface area contributed by atoms with E-state index in [0.29, 0.717) is 5.78 Å². The van der Waals surface area contributed by atoms with E-state index >= 15 is 0 Å². The van der Waals surface area contributed by atoms with E-state index < -0.39 is 5.41 Å². The van der Waals surface area contributed by atoms with Crippen LogP contribution < -0.4 is 0 Å². The van der Waals surface area contributed by atoms with Crippen molar-refractivity contribution in [2.45, 2.75) is 41.0 Å². The third-order valence-corrected chi connectivity index (χ3v) is 4.01. The van der Waals surface area contributed by atoms with Gasteiger partial charge in [0.05, 0.1) is 0 Å². The molecule has 1 nitrogen and oxygen atoms in total. The number of rotatable bonds is 3. The molecule has 0 N–H and O–H groups in total.